The van der Waals surface area contributed by atoms with Crippen LogP contribution in [-0.4, -0.2) is 49.6 Å². The number of anilines is 2. The number of rotatable bonds is 6. The lowest BCUT2D eigenvalue weighted by atomic mass is 9.95. The third-order valence-electron chi connectivity index (χ3n) is 7.97. The van der Waals surface area contributed by atoms with Crippen molar-refractivity contribution in [2.75, 3.05) is 23.3 Å². The highest BCUT2D eigenvalue weighted by molar-refractivity contribution is 5.99. The van der Waals surface area contributed by atoms with E-state index in [2.05, 4.69) is 30.2 Å². The largest absolute Gasteiger partial charge is 0.460 e. The van der Waals surface area contributed by atoms with Gasteiger partial charge in [-0.2, -0.15) is 13.2 Å². The summed E-state index contributed by atoms with van der Waals surface area (Å²) >= 11 is 0. The Bertz CT molecular complexity index is 1960. The first-order valence-electron chi connectivity index (χ1n) is 15.1. The van der Waals surface area contributed by atoms with Crippen LogP contribution in [0.5, 0.6) is 0 Å². The van der Waals surface area contributed by atoms with Gasteiger partial charge in [-0.05, 0) is 64.8 Å². The third kappa shape index (κ3) is 6.93. The van der Waals surface area contributed by atoms with E-state index in [0.29, 0.717) is 35.3 Å². The fourth-order valence-corrected chi connectivity index (χ4v) is 5.83. The number of para-hydroxylation sites is 1. The molecule has 0 radical (unpaired) electrons. The van der Waals surface area contributed by atoms with E-state index in [1.807, 2.05) is 19.1 Å². The molecule has 1 fully saturated rings. The van der Waals surface area contributed by atoms with Crippen LogP contribution in [0.4, 0.5) is 24.5 Å². The van der Waals surface area contributed by atoms with Gasteiger partial charge in [-0.15, -0.1) is 0 Å². The Morgan fingerprint density at radius 2 is 1.70 bits per heavy atom. The lowest BCUT2D eigenvalue weighted by Gasteiger charge is -2.35. The number of alkyl halides is 3. The van der Waals surface area contributed by atoms with Gasteiger partial charge in [-0.25, -0.2) is 15.0 Å². The average Bonchev–Trinajstić information content (AvgIpc) is 3.42. The topological polar surface area (TPSA) is 129 Å². The van der Waals surface area contributed by atoms with Gasteiger partial charge in [-0.3, -0.25) is 9.59 Å². The molecule has 10 nitrogen and oxygen atoms in total. The number of aromatic amines is 2. The molecule has 47 heavy (non-hydrogen) atoms. The van der Waals surface area contributed by atoms with Gasteiger partial charge in [0.05, 0.1) is 45.4 Å². The fraction of sp³-hybridized carbons (Fsp3) is 0.382. The Balaban J connectivity index is 0.00000433. The van der Waals surface area contributed by atoms with Crippen molar-refractivity contribution >= 4 is 39.3 Å². The van der Waals surface area contributed by atoms with Gasteiger partial charge in [-0.1, -0.05) is 25.6 Å². The minimum atomic E-state index is -4.66. The highest BCUT2D eigenvalue weighted by Crippen LogP contribution is 2.41. The number of fused-ring (bicyclic) bond motifs is 2. The molecular formula is C34H38F3N7O3. The number of esters is 1. The summed E-state index contributed by atoms with van der Waals surface area (Å²) in [6, 6.07) is 10.9. The van der Waals surface area contributed by atoms with Crippen LogP contribution in [0.15, 0.2) is 59.7 Å². The smallest absolute Gasteiger partial charge is 0.418 e. The van der Waals surface area contributed by atoms with Crippen LogP contribution < -0.4 is 15.8 Å². The van der Waals surface area contributed by atoms with Crippen molar-refractivity contribution in [1.29, 1.82) is 0 Å². The predicted molar refractivity (Wildman–Crippen MR) is 176 cm³/mol. The number of carbonyl (C=O) groups is 1. The fourth-order valence-electron chi connectivity index (χ4n) is 5.83. The normalized spacial score (nSPS) is 15.0. The number of halogens is 3. The number of ether oxygens (including phenoxy) is 1. The van der Waals surface area contributed by atoms with Gasteiger partial charge in [0.1, 0.15) is 22.8 Å². The summed E-state index contributed by atoms with van der Waals surface area (Å²) in [5, 5.41) is 4.03. The van der Waals surface area contributed by atoms with E-state index in [0.717, 1.165) is 6.07 Å². The molecule has 0 amide bonds. The Morgan fingerprint density at radius 3 is 2.36 bits per heavy atom. The monoisotopic (exact) mass is 649 g/mol. The molecule has 0 unspecified atom stereocenters. The third-order valence-corrected chi connectivity index (χ3v) is 7.97. The van der Waals surface area contributed by atoms with Crippen LogP contribution >= 0.6 is 0 Å². The van der Waals surface area contributed by atoms with Crippen molar-refractivity contribution in [2.24, 2.45) is 5.92 Å². The Hall–Kier alpha value is -4.94. The summed E-state index contributed by atoms with van der Waals surface area (Å²) in [5.74, 6) is -0.120. The van der Waals surface area contributed by atoms with Crippen molar-refractivity contribution in [3.05, 3.63) is 76.6 Å². The molecule has 2 aromatic carbocycles. The molecule has 6 rings (SSSR count). The van der Waals surface area contributed by atoms with Crippen LogP contribution in [0, 0.1) is 5.92 Å². The quantitative estimate of drug-likeness (QED) is 0.164. The molecule has 13 heteroatoms. The Morgan fingerprint density at radius 1 is 1.02 bits per heavy atom. The molecule has 0 saturated carbocycles. The summed E-state index contributed by atoms with van der Waals surface area (Å²) in [6.45, 7) is 7.69. The molecule has 3 aromatic heterocycles. The summed E-state index contributed by atoms with van der Waals surface area (Å²) in [7, 11) is 0. The van der Waals surface area contributed by atoms with Crippen molar-refractivity contribution in [3.8, 4) is 11.4 Å². The Labute approximate surface area is 269 Å². The van der Waals surface area contributed by atoms with Gasteiger partial charge in [0, 0.05) is 30.9 Å². The molecule has 1 aliphatic rings. The molecule has 3 N–H and O–H groups in total. The summed E-state index contributed by atoms with van der Waals surface area (Å²) < 4.78 is 48.8. The molecule has 1 saturated heterocycles. The maximum Gasteiger partial charge on any atom is 0.418 e. The maximum absolute atomic E-state index is 14.4. The lowest BCUT2D eigenvalue weighted by Crippen LogP contribution is -2.39. The zero-order valence-electron chi connectivity index (χ0n) is 25.8. The summed E-state index contributed by atoms with van der Waals surface area (Å²) in [6.07, 6.45) is -0.699. The van der Waals surface area contributed by atoms with E-state index in [4.69, 9.17) is 4.74 Å². The zero-order valence-corrected chi connectivity index (χ0v) is 25.8. The predicted octanol–water partition coefficient (Wildman–Crippen LogP) is 7.25. The van der Waals surface area contributed by atoms with Gasteiger partial charge in [0.15, 0.2) is 0 Å². The van der Waals surface area contributed by atoms with Crippen molar-refractivity contribution in [3.63, 3.8) is 0 Å². The highest BCUT2D eigenvalue weighted by Gasteiger charge is 2.38. The first kappa shape index (κ1) is 33.4. The number of imidazole rings is 1. The Kier molecular flexibility index (Phi) is 9.02. The number of hydrogen-bond acceptors (Lipinski definition) is 8. The molecule has 248 valence electrons. The lowest BCUT2D eigenvalue weighted by molar-refractivity contribution is -0.160. The minimum absolute atomic E-state index is 0. The van der Waals surface area contributed by atoms with Crippen LogP contribution in [0.2, 0.25) is 0 Å². The van der Waals surface area contributed by atoms with Crippen LogP contribution in [0.1, 0.15) is 65.4 Å². The van der Waals surface area contributed by atoms with E-state index in [9.17, 15) is 22.8 Å². The zero-order chi connectivity index (χ0) is 32.8. The number of carbonyl (C=O) groups excluding carboxylic acids is 1. The number of benzene rings is 2. The van der Waals surface area contributed by atoms with Crippen LogP contribution in [0.3, 0.4) is 0 Å². The second-order valence-corrected chi connectivity index (χ2v) is 12.5. The van der Waals surface area contributed by atoms with E-state index >= 15 is 0 Å². The van der Waals surface area contributed by atoms with E-state index in [1.165, 1.54) is 6.07 Å². The number of piperidine rings is 1. The minimum Gasteiger partial charge on any atom is -0.460 e. The molecule has 0 bridgehead atoms. The second-order valence-electron chi connectivity index (χ2n) is 12.5. The van der Waals surface area contributed by atoms with Crippen LogP contribution in [0.25, 0.3) is 33.3 Å². The van der Waals surface area contributed by atoms with E-state index in [-0.39, 0.29) is 60.5 Å². The molecule has 5 aromatic rings. The second kappa shape index (κ2) is 12.7. The SMILES string of the molecule is C.C[C@H](Nc1c(-c2nc3cc(N4CCC(C(=O)OC(C)(C)C)CC4)c(C(F)(F)F)cc3[nH]2)c(=O)[nH]c2ccccc12)c1ncccn1. The number of nitrogens with one attached hydrogen (secondary N) is 3. The number of pyridine rings is 1. The molecule has 0 spiro atoms. The summed E-state index contributed by atoms with van der Waals surface area (Å²) in [5.41, 5.74) is -0.402. The highest BCUT2D eigenvalue weighted by atomic mass is 19.4. The van der Waals surface area contributed by atoms with Crippen molar-refractivity contribution in [2.45, 2.75) is 65.8 Å². The first-order chi connectivity index (χ1) is 21.8. The molecular weight excluding hydrogens is 611 g/mol. The summed E-state index contributed by atoms with van der Waals surface area (Å²) in [4.78, 5) is 46.9. The van der Waals surface area contributed by atoms with Crippen molar-refractivity contribution < 1.29 is 22.7 Å². The molecule has 4 heterocycles. The van der Waals surface area contributed by atoms with Crippen molar-refractivity contribution in [1.82, 2.24) is 24.9 Å². The maximum atomic E-state index is 14.4. The van der Waals surface area contributed by atoms with E-state index in [1.54, 1.807) is 56.3 Å². The number of H-pyrrole nitrogens is 2. The van der Waals surface area contributed by atoms with Gasteiger partial charge >= 0.3 is 12.1 Å². The molecule has 1 atom stereocenters. The number of nitrogens with zero attached hydrogens (tertiary/aromatic N) is 4. The van der Waals surface area contributed by atoms with Crippen LogP contribution in [-0.2, 0) is 15.7 Å². The standard InChI is InChI=1S/C33H34F3N7O3.CH4/c1-18(28-37-12-7-13-38-28)39-27-20-8-5-6-9-22(20)42-30(44)26(27)29-40-23-16-21(33(34,35)36)25(17-24(23)41-29)43-14-10-19(11-15-43)31(45)46-32(2,3)4;/h5-9,12-13,16-19H,10-11,14-15H2,1-4H3,(H,40,41)(H2,39,42,44);1H4/t18-;/m0./s1. The number of aromatic nitrogens is 5. The number of hydrogen-bond donors (Lipinski definition) is 3. The van der Waals surface area contributed by atoms with Gasteiger partial charge in [0.2, 0.25) is 0 Å². The first-order valence-corrected chi connectivity index (χ1v) is 15.1. The van der Waals surface area contributed by atoms with Gasteiger partial charge in [0.25, 0.3) is 5.56 Å². The average molecular weight is 650 g/mol. The molecule has 0 aliphatic carbocycles. The van der Waals surface area contributed by atoms with Gasteiger partial charge < -0.3 is 24.9 Å². The van der Waals surface area contributed by atoms with E-state index < -0.39 is 28.9 Å². The molecule has 1 aliphatic heterocycles.